The number of hydrogen-bond donors (Lipinski definition) is 2. The lowest BCUT2D eigenvalue weighted by atomic mass is 9.78. The maximum Gasteiger partial charge on any atom is 0.319 e. The summed E-state index contributed by atoms with van der Waals surface area (Å²) in [5.41, 5.74) is 0.933. The molecule has 0 aliphatic carbocycles. The van der Waals surface area contributed by atoms with Crippen LogP contribution in [0.25, 0.3) is 0 Å². The van der Waals surface area contributed by atoms with Gasteiger partial charge in [0.05, 0.1) is 41.2 Å². The van der Waals surface area contributed by atoms with Crippen LogP contribution in [0.3, 0.4) is 0 Å². The second-order valence-corrected chi connectivity index (χ2v) is 9.71. The number of esters is 1. The van der Waals surface area contributed by atoms with Crippen molar-refractivity contribution in [3.8, 4) is 11.8 Å². The van der Waals surface area contributed by atoms with Crippen LogP contribution in [0.1, 0.15) is 18.4 Å². The number of nitrogens with one attached hydrogen (secondary N) is 2. The summed E-state index contributed by atoms with van der Waals surface area (Å²) < 4.78 is 10.3. The molecule has 0 aromatic heterocycles. The molecule has 2 aromatic carbocycles. The van der Waals surface area contributed by atoms with Gasteiger partial charge in [0, 0.05) is 21.7 Å². The Labute approximate surface area is 226 Å². The van der Waals surface area contributed by atoms with Crippen LogP contribution in [0, 0.1) is 17.2 Å². The van der Waals surface area contributed by atoms with Crippen molar-refractivity contribution in [3.63, 3.8) is 0 Å². The Bertz CT molecular complexity index is 1260. The van der Waals surface area contributed by atoms with E-state index in [0.29, 0.717) is 33.7 Å². The monoisotopic (exact) mass is 567 g/mol. The Balaban J connectivity index is 1.92. The van der Waals surface area contributed by atoms with Crippen molar-refractivity contribution in [1.82, 2.24) is 5.32 Å². The van der Waals surface area contributed by atoms with E-state index in [0.717, 1.165) is 18.9 Å². The number of nitriles is 1. The fourth-order valence-electron chi connectivity index (χ4n) is 3.62. The molecule has 2 aromatic rings. The van der Waals surface area contributed by atoms with E-state index in [9.17, 15) is 19.6 Å². The third kappa shape index (κ3) is 6.45. The number of carbonyl (C=O) groups is 3. The maximum absolute atomic E-state index is 13.0. The highest BCUT2D eigenvalue weighted by molar-refractivity contribution is 8.03. The molecule has 0 radical (unpaired) electrons. The quantitative estimate of drug-likeness (QED) is 0.334. The van der Waals surface area contributed by atoms with Crippen LogP contribution in [0.5, 0.6) is 5.75 Å². The van der Waals surface area contributed by atoms with Crippen molar-refractivity contribution in [2.24, 2.45) is 5.92 Å². The molecule has 1 heterocycles. The second kappa shape index (κ2) is 12.4. The largest absolute Gasteiger partial charge is 0.492 e. The SMILES string of the molecule is CCOc1ccc([C@@H]2C(C#N)=C(SCC(=O)Nc3cc(Cl)cc(Cl)c3)NC(=O)[C@H]2C(=O)OC)cc1Cl. The third-order valence-electron chi connectivity index (χ3n) is 5.09. The molecule has 36 heavy (non-hydrogen) atoms. The number of nitrogens with zero attached hydrogens (tertiary/aromatic N) is 1. The Hall–Kier alpha value is -2.90. The Morgan fingerprint density at radius 3 is 2.44 bits per heavy atom. The van der Waals surface area contributed by atoms with E-state index in [-0.39, 0.29) is 21.4 Å². The van der Waals surface area contributed by atoms with Gasteiger partial charge in [0.25, 0.3) is 0 Å². The van der Waals surface area contributed by atoms with Crippen LogP contribution in [-0.4, -0.2) is 37.3 Å². The highest BCUT2D eigenvalue weighted by Crippen LogP contribution is 2.42. The molecule has 1 aliphatic rings. The van der Waals surface area contributed by atoms with Gasteiger partial charge in [0.2, 0.25) is 11.8 Å². The normalized spacial score (nSPS) is 17.2. The average Bonchev–Trinajstić information content (AvgIpc) is 2.82. The van der Waals surface area contributed by atoms with E-state index in [1.807, 2.05) is 0 Å². The highest BCUT2D eigenvalue weighted by Gasteiger charge is 2.44. The van der Waals surface area contributed by atoms with E-state index < -0.39 is 29.6 Å². The van der Waals surface area contributed by atoms with Gasteiger partial charge in [-0.3, -0.25) is 14.4 Å². The van der Waals surface area contributed by atoms with E-state index in [1.165, 1.54) is 18.2 Å². The Morgan fingerprint density at radius 1 is 1.17 bits per heavy atom. The van der Waals surface area contributed by atoms with E-state index in [4.69, 9.17) is 44.3 Å². The zero-order valence-electron chi connectivity index (χ0n) is 19.1. The first-order valence-corrected chi connectivity index (χ1v) is 12.6. The fraction of sp³-hybridized carbons (Fsp3) is 0.250. The first-order chi connectivity index (χ1) is 17.2. The summed E-state index contributed by atoms with van der Waals surface area (Å²) in [6.45, 7) is 2.20. The van der Waals surface area contributed by atoms with Crippen LogP contribution in [0.15, 0.2) is 47.0 Å². The summed E-state index contributed by atoms with van der Waals surface area (Å²) in [5.74, 6) is -3.94. The molecule has 2 amide bonds. The van der Waals surface area contributed by atoms with Crippen molar-refractivity contribution in [2.45, 2.75) is 12.8 Å². The molecule has 0 unspecified atom stereocenters. The predicted octanol–water partition coefficient (Wildman–Crippen LogP) is 5.16. The molecule has 2 atom stereocenters. The zero-order valence-corrected chi connectivity index (χ0v) is 22.1. The fourth-order valence-corrected chi connectivity index (χ4v) is 5.24. The summed E-state index contributed by atoms with van der Waals surface area (Å²) in [6, 6.07) is 11.4. The van der Waals surface area contributed by atoms with Crippen LogP contribution in [0.4, 0.5) is 5.69 Å². The molecule has 0 spiro atoms. The van der Waals surface area contributed by atoms with Crippen molar-refractivity contribution in [3.05, 3.63) is 67.6 Å². The van der Waals surface area contributed by atoms with Gasteiger partial charge >= 0.3 is 5.97 Å². The minimum absolute atomic E-state index is 0.0915. The topological polar surface area (TPSA) is 118 Å². The molecule has 12 heteroatoms. The lowest BCUT2D eigenvalue weighted by Gasteiger charge is -2.31. The molecule has 0 bridgehead atoms. The van der Waals surface area contributed by atoms with Gasteiger partial charge in [-0.25, -0.2) is 0 Å². The number of thioether (sulfide) groups is 1. The number of ether oxygens (including phenoxy) is 2. The van der Waals surface area contributed by atoms with Gasteiger partial charge in [-0.05, 0) is 42.8 Å². The summed E-state index contributed by atoms with van der Waals surface area (Å²) in [7, 11) is 1.16. The van der Waals surface area contributed by atoms with Crippen LogP contribution >= 0.6 is 46.6 Å². The van der Waals surface area contributed by atoms with Gasteiger partial charge in [-0.1, -0.05) is 52.6 Å². The van der Waals surface area contributed by atoms with Gasteiger partial charge in [-0.15, -0.1) is 0 Å². The van der Waals surface area contributed by atoms with Crippen LogP contribution < -0.4 is 15.4 Å². The summed E-state index contributed by atoms with van der Waals surface area (Å²) in [4.78, 5) is 38.0. The molecule has 8 nitrogen and oxygen atoms in total. The minimum atomic E-state index is -1.33. The molecule has 0 saturated heterocycles. The maximum atomic E-state index is 13.0. The molecule has 3 rings (SSSR count). The second-order valence-electron chi connectivity index (χ2n) is 7.44. The lowest BCUT2D eigenvalue weighted by molar-refractivity contribution is -0.150. The molecule has 0 fully saturated rings. The predicted molar refractivity (Wildman–Crippen MR) is 139 cm³/mol. The molecular weight excluding hydrogens is 549 g/mol. The number of allylic oxidation sites excluding steroid dienone is 1. The zero-order chi connectivity index (χ0) is 26.4. The minimum Gasteiger partial charge on any atom is -0.492 e. The Morgan fingerprint density at radius 2 is 1.86 bits per heavy atom. The average molecular weight is 569 g/mol. The standard InChI is InChI=1S/C24H20Cl3N3O5S/c1-3-35-18-5-4-12(6-17(18)27)20-16(10-28)23(30-22(32)21(20)24(33)34-2)36-11-19(31)29-15-8-13(25)7-14(26)9-15/h4-9,20-21H,3,11H2,1-2H3,(H,29,31)(H,30,32)/t20-,21+/m1/s1. The van der Waals surface area contributed by atoms with Gasteiger partial charge in [-0.2, -0.15) is 5.26 Å². The lowest BCUT2D eigenvalue weighted by Crippen LogP contribution is -2.44. The van der Waals surface area contributed by atoms with Crippen LogP contribution in [-0.2, 0) is 19.1 Å². The Kier molecular flexibility index (Phi) is 9.51. The number of methoxy groups -OCH3 is 1. The number of hydrogen-bond acceptors (Lipinski definition) is 7. The van der Waals surface area contributed by atoms with Crippen molar-refractivity contribution >= 4 is 70.0 Å². The molecule has 188 valence electrons. The van der Waals surface area contributed by atoms with Gasteiger partial charge in [0.1, 0.15) is 11.7 Å². The number of carbonyl (C=O) groups excluding carboxylic acids is 3. The first kappa shape index (κ1) is 27.7. The molecule has 2 N–H and O–H groups in total. The van der Waals surface area contributed by atoms with Crippen molar-refractivity contribution < 1.29 is 23.9 Å². The first-order valence-electron chi connectivity index (χ1n) is 10.5. The number of amides is 2. The third-order valence-corrected chi connectivity index (χ3v) is 6.84. The number of rotatable bonds is 8. The summed E-state index contributed by atoms with van der Waals surface area (Å²) in [6.07, 6.45) is 0. The van der Waals surface area contributed by atoms with Crippen LogP contribution in [0.2, 0.25) is 15.1 Å². The van der Waals surface area contributed by atoms with E-state index in [2.05, 4.69) is 16.7 Å². The highest BCUT2D eigenvalue weighted by atomic mass is 35.5. The molecular formula is C24H20Cl3N3O5S. The van der Waals surface area contributed by atoms with E-state index >= 15 is 0 Å². The summed E-state index contributed by atoms with van der Waals surface area (Å²) >= 11 is 19.2. The summed E-state index contributed by atoms with van der Waals surface area (Å²) in [5, 5.41) is 16.3. The van der Waals surface area contributed by atoms with Gasteiger partial charge in [0.15, 0.2) is 0 Å². The molecule has 0 saturated carbocycles. The number of benzene rings is 2. The number of halogens is 3. The van der Waals surface area contributed by atoms with Crippen molar-refractivity contribution in [1.29, 1.82) is 5.26 Å². The number of anilines is 1. The van der Waals surface area contributed by atoms with Crippen molar-refractivity contribution in [2.75, 3.05) is 24.8 Å². The molecule has 1 aliphatic heterocycles. The van der Waals surface area contributed by atoms with Gasteiger partial charge < -0.3 is 20.1 Å². The smallest absolute Gasteiger partial charge is 0.319 e. The van der Waals surface area contributed by atoms with E-state index in [1.54, 1.807) is 25.1 Å².